The van der Waals surface area contributed by atoms with Crippen molar-refractivity contribution < 1.29 is 9.32 Å². The van der Waals surface area contributed by atoms with Crippen LogP contribution in [0.4, 0.5) is 0 Å². The number of amides is 1. The van der Waals surface area contributed by atoms with Gasteiger partial charge in [0.05, 0.1) is 6.54 Å². The highest BCUT2D eigenvalue weighted by molar-refractivity contribution is 5.89. The number of aromatic nitrogens is 2. The quantitative estimate of drug-likeness (QED) is 0.814. The lowest BCUT2D eigenvalue weighted by atomic mass is 9.99. The molecule has 1 saturated carbocycles. The first-order chi connectivity index (χ1) is 9.17. The molecule has 1 aliphatic carbocycles. The Kier molecular flexibility index (Phi) is 4.62. The fourth-order valence-electron chi connectivity index (χ4n) is 2.81. The van der Waals surface area contributed by atoms with Gasteiger partial charge in [-0.15, -0.1) is 12.4 Å². The normalized spacial score (nSPS) is 26.3. The Balaban J connectivity index is 0.00000147. The summed E-state index contributed by atoms with van der Waals surface area (Å²) in [6.45, 7) is 2.46. The number of carbonyl (C=O) groups excluding carboxylic acids is 1. The van der Waals surface area contributed by atoms with E-state index < -0.39 is 0 Å². The lowest BCUT2D eigenvalue weighted by Crippen LogP contribution is -2.30. The molecule has 1 aliphatic heterocycles. The van der Waals surface area contributed by atoms with Crippen molar-refractivity contribution in [2.75, 3.05) is 20.1 Å². The van der Waals surface area contributed by atoms with Gasteiger partial charge in [0.25, 0.3) is 0 Å². The van der Waals surface area contributed by atoms with E-state index in [4.69, 9.17) is 10.3 Å². The van der Waals surface area contributed by atoms with Crippen molar-refractivity contribution >= 4 is 18.3 Å². The lowest BCUT2D eigenvalue weighted by Gasteiger charge is -2.12. The van der Waals surface area contributed by atoms with Crippen molar-refractivity contribution in [3.8, 4) is 0 Å². The first-order valence-electron chi connectivity index (χ1n) is 6.70. The van der Waals surface area contributed by atoms with Crippen molar-refractivity contribution in [1.29, 1.82) is 0 Å². The van der Waals surface area contributed by atoms with Crippen LogP contribution in [0.15, 0.2) is 4.52 Å². The van der Waals surface area contributed by atoms with Crippen molar-refractivity contribution in [2.24, 2.45) is 17.6 Å². The zero-order valence-electron chi connectivity index (χ0n) is 11.4. The Bertz CT molecular complexity index is 476. The number of nitrogens with one attached hydrogen (secondary N) is 1. The van der Waals surface area contributed by atoms with Gasteiger partial charge in [-0.3, -0.25) is 9.69 Å². The maximum Gasteiger partial charge on any atom is 0.315 e. The largest absolute Gasteiger partial charge is 0.351 e. The second-order valence-corrected chi connectivity index (χ2v) is 5.45. The molecule has 20 heavy (non-hydrogen) atoms. The molecule has 0 radical (unpaired) electrons. The van der Waals surface area contributed by atoms with E-state index in [1.807, 2.05) is 0 Å². The highest BCUT2D eigenvalue weighted by atomic mass is 35.5. The van der Waals surface area contributed by atoms with Gasteiger partial charge in [0.1, 0.15) is 0 Å². The summed E-state index contributed by atoms with van der Waals surface area (Å²) in [5.74, 6) is 1.62. The molecular formula is C12H20ClN5O2. The Morgan fingerprint density at radius 3 is 2.90 bits per heavy atom. The monoisotopic (exact) mass is 301 g/mol. The molecule has 0 aromatic carbocycles. The zero-order chi connectivity index (χ0) is 13.4. The summed E-state index contributed by atoms with van der Waals surface area (Å²) < 4.78 is 4.91. The molecule has 1 aromatic heterocycles. The first-order valence-corrected chi connectivity index (χ1v) is 6.70. The van der Waals surface area contributed by atoms with Gasteiger partial charge in [-0.05, 0) is 24.7 Å². The predicted octanol–water partition coefficient (Wildman–Crippen LogP) is 0.0201. The minimum absolute atomic E-state index is 0. The van der Waals surface area contributed by atoms with Gasteiger partial charge >= 0.3 is 11.8 Å². The highest BCUT2D eigenvalue weighted by Gasteiger charge is 2.40. The van der Waals surface area contributed by atoms with E-state index in [2.05, 4.69) is 20.4 Å². The second-order valence-electron chi connectivity index (χ2n) is 5.45. The molecule has 2 aliphatic rings. The minimum Gasteiger partial charge on any atom is -0.351 e. The zero-order valence-corrected chi connectivity index (χ0v) is 12.2. The summed E-state index contributed by atoms with van der Waals surface area (Å²) in [7, 11) is 1.53. The van der Waals surface area contributed by atoms with E-state index in [-0.39, 0.29) is 30.2 Å². The molecule has 1 aromatic rings. The topological polar surface area (TPSA) is 97.3 Å². The number of likely N-dealkylation sites (tertiary alicyclic amines) is 1. The Hall–Kier alpha value is -1.18. The van der Waals surface area contributed by atoms with E-state index >= 15 is 0 Å². The maximum absolute atomic E-state index is 11.3. The van der Waals surface area contributed by atoms with Gasteiger partial charge in [0.15, 0.2) is 5.82 Å². The van der Waals surface area contributed by atoms with Crippen LogP contribution in [0.2, 0.25) is 0 Å². The second kappa shape index (κ2) is 6.07. The van der Waals surface area contributed by atoms with Crippen molar-refractivity contribution in [2.45, 2.75) is 25.4 Å². The fraction of sp³-hybridized carbons (Fsp3) is 0.750. The first kappa shape index (κ1) is 15.2. The molecule has 3 N–H and O–H groups in total. The predicted molar refractivity (Wildman–Crippen MR) is 74.4 cm³/mol. The maximum atomic E-state index is 11.3. The fourth-order valence-corrected chi connectivity index (χ4v) is 2.81. The van der Waals surface area contributed by atoms with Crippen LogP contribution in [0.1, 0.15) is 29.4 Å². The third kappa shape index (κ3) is 3.11. The molecule has 0 unspecified atom stereocenters. The number of carbonyl (C=O) groups is 1. The van der Waals surface area contributed by atoms with Crippen LogP contribution in [0.25, 0.3) is 0 Å². The summed E-state index contributed by atoms with van der Waals surface area (Å²) in [6.07, 6.45) is 2.63. The lowest BCUT2D eigenvalue weighted by molar-refractivity contribution is 0.0919. The third-order valence-corrected chi connectivity index (χ3v) is 3.97. The van der Waals surface area contributed by atoms with Gasteiger partial charge < -0.3 is 15.6 Å². The molecule has 112 valence electrons. The van der Waals surface area contributed by atoms with Crippen molar-refractivity contribution in [3.05, 3.63) is 11.7 Å². The van der Waals surface area contributed by atoms with E-state index in [1.165, 1.54) is 19.9 Å². The molecule has 1 amide bonds. The van der Waals surface area contributed by atoms with Gasteiger partial charge in [-0.25, -0.2) is 0 Å². The van der Waals surface area contributed by atoms with Gasteiger partial charge in [-0.1, -0.05) is 5.16 Å². The van der Waals surface area contributed by atoms with E-state index in [0.29, 0.717) is 18.3 Å². The van der Waals surface area contributed by atoms with E-state index in [1.54, 1.807) is 0 Å². The number of hydrogen-bond acceptors (Lipinski definition) is 6. The van der Waals surface area contributed by atoms with E-state index in [0.717, 1.165) is 19.0 Å². The molecular weight excluding hydrogens is 282 g/mol. The van der Waals surface area contributed by atoms with Gasteiger partial charge in [-0.2, -0.15) is 4.98 Å². The molecule has 0 spiro atoms. The summed E-state index contributed by atoms with van der Waals surface area (Å²) in [5.41, 5.74) is 6.17. The molecule has 0 bridgehead atoms. The summed E-state index contributed by atoms with van der Waals surface area (Å²) in [4.78, 5) is 17.6. The third-order valence-electron chi connectivity index (χ3n) is 3.97. The Morgan fingerprint density at radius 1 is 1.50 bits per heavy atom. The number of hydrogen-bond donors (Lipinski definition) is 2. The minimum atomic E-state index is -0.354. The Labute approximate surface area is 123 Å². The number of nitrogens with zero attached hydrogens (tertiary/aromatic N) is 3. The summed E-state index contributed by atoms with van der Waals surface area (Å²) in [6, 6.07) is 0.248. The van der Waals surface area contributed by atoms with Crippen LogP contribution >= 0.6 is 12.4 Å². The number of halogens is 1. The molecule has 3 rings (SSSR count). The molecule has 1 saturated heterocycles. The summed E-state index contributed by atoms with van der Waals surface area (Å²) in [5, 5.41) is 6.29. The SMILES string of the molecule is CNC(=O)c1nc(CN2C[C@H](C3CC3)[C@@H](N)C2)no1.Cl. The molecule has 7 nitrogen and oxygen atoms in total. The van der Waals surface area contributed by atoms with Crippen LogP contribution in [-0.2, 0) is 6.54 Å². The Morgan fingerprint density at radius 2 is 2.25 bits per heavy atom. The van der Waals surface area contributed by atoms with Crippen molar-refractivity contribution in [3.63, 3.8) is 0 Å². The van der Waals surface area contributed by atoms with Crippen LogP contribution in [0.5, 0.6) is 0 Å². The van der Waals surface area contributed by atoms with Gasteiger partial charge in [0.2, 0.25) is 0 Å². The van der Waals surface area contributed by atoms with Crippen LogP contribution in [0.3, 0.4) is 0 Å². The van der Waals surface area contributed by atoms with E-state index in [9.17, 15) is 4.79 Å². The smallest absolute Gasteiger partial charge is 0.315 e. The average molecular weight is 302 g/mol. The number of rotatable bonds is 4. The number of nitrogens with two attached hydrogens (primary N) is 1. The van der Waals surface area contributed by atoms with Crippen LogP contribution in [0, 0.1) is 11.8 Å². The highest BCUT2D eigenvalue weighted by Crippen LogP contribution is 2.40. The van der Waals surface area contributed by atoms with Crippen LogP contribution in [-0.4, -0.2) is 47.1 Å². The average Bonchev–Trinajstić information content (AvgIpc) is 3.03. The molecule has 2 fully saturated rings. The van der Waals surface area contributed by atoms with Crippen LogP contribution < -0.4 is 11.1 Å². The summed E-state index contributed by atoms with van der Waals surface area (Å²) >= 11 is 0. The molecule has 8 heteroatoms. The van der Waals surface area contributed by atoms with Crippen molar-refractivity contribution in [1.82, 2.24) is 20.4 Å². The van der Waals surface area contributed by atoms with Gasteiger partial charge in [0, 0.05) is 26.2 Å². The molecule has 2 atom stereocenters. The standard InChI is InChI=1S/C12H19N5O2.ClH/c1-14-11(18)12-15-10(16-19-12)6-17-4-8(7-2-3-7)9(13)5-17;/h7-9H,2-6,13H2,1H3,(H,14,18);1H/t8-,9+;/m1./s1. The molecule has 2 heterocycles.